The lowest BCUT2D eigenvalue weighted by atomic mass is 9.78. The van der Waals surface area contributed by atoms with Crippen LogP contribution < -0.4 is 15.3 Å². The summed E-state index contributed by atoms with van der Waals surface area (Å²) < 4.78 is 79.5. The number of aliphatic hydroxyl groups is 2. The number of esters is 1. The summed E-state index contributed by atoms with van der Waals surface area (Å²) in [5, 5.41) is 26.1. The highest BCUT2D eigenvalue weighted by atomic mass is 35.5. The molecule has 1 saturated carbocycles. The number of hydrogen-bond donors (Lipinski definition) is 4. The first-order valence-corrected chi connectivity index (χ1v) is 18.6. The van der Waals surface area contributed by atoms with Crippen molar-refractivity contribution in [3.63, 3.8) is 0 Å². The van der Waals surface area contributed by atoms with Crippen LogP contribution in [0.4, 0.5) is 19.1 Å². The molecule has 1 aliphatic carbocycles. The monoisotopic (exact) mass is 772 g/mol. The van der Waals surface area contributed by atoms with E-state index in [-0.39, 0.29) is 35.8 Å². The molecule has 1 saturated heterocycles. The van der Waals surface area contributed by atoms with E-state index in [1.54, 1.807) is 6.26 Å². The summed E-state index contributed by atoms with van der Waals surface area (Å²) in [7, 11) is -4.59. The molecule has 2 fully saturated rings. The fourth-order valence-corrected chi connectivity index (χ4v) is 8.24. The zero-order chi connectivity index (χ0) is 36.8. The Morgan fingerprint density at radius 1 is 1.22 bits per heavy atom. The van der Waals surface area contributed by atoms with Gasteiger partial charge in [0.1, 0.15) is 46.2 Å². The highest BCUT2D eigenvalue weighted by Gasteiger charge is 2.56. The topological polar surface area (TPSA) is 193 Å². The number of carbonyl (C=O) groups excluding carboxylic acids is 1. The van der Waals surface area contributed by atoms with E-state index in [4.69, 9.17) is 35.9 Å². The second-order valence-corrected chi connectivity index (χ2v) is 15.1. The van der Waals surface area contributed by atoms with Gasteiger partial charge < -0.3 is 29.9 Å². The van der Waals surface area contributed by atoms with Crippen LogP contribution in [-0.2, 0) is 36.1 Å². The van der Waals surface area contributed by atoms with Gasteiger partial charge in [-0.25, -0.2) is 14.5 Å². The number of rotatable bonds is 12. The predicted octanol–water partition coefficient (Wildman–Crippen LogP) is 5.27. The summed E-state index contributed by atoms with van der Waals surface area (Å²) in [5.74, 6) is -0.986. The first kappa shape index (κ1) is 37.3. The molecule has 2 aromatic carbocycles. The third-order valence-corrected chi connectivity index (χ3v) is 11.3. The molecule has 3 heterocycles. The maximum absolute atomic E-state index is 14.5. The number of hydrogen-bond acceptors (Lipinski definition) is 13. The number of imidazole rings is 1. The minimum Gasteiger partial charge on any atom is -0.459 e. The normalized spacial score (nSPS) is 24.2. The Bertz CT molecular complexity index is 1970. The highest BCUT2D eigenvalue weighted by Crippen LogP contribution is 2.52. The molecule has 2 aliphatic rings. The van der Waals surface area contributed by atoms with E-state index in [0.717, 1.165) is 6.07 Å². The molecule has 5 atom stereocenters. The fraction of sp³-hybridized carbons (Fsp3) is 0.419. The van der Waals surface area contributed by atoms with E-state index in [1.807, 2.05) is 0 Å². The second kappa shape index (κ2) is 14.2. The van der Waals surface area contributed by atoms with E-state index >= 15 is 0 Å². The van der Waals surface area contributed by atoms with Crippen LogP contribution >= 0.6 is 31.1 Å². The lowest BCUT2D eigenvalue weighted by molar-refractivity contribution is -0.157. The van der Waals surface area contributed by atoms with Crippen LogP contribution in [0.15, 0.2) is 59.9 Å². The molecule has 2 aromatic heterocycles. The number of carbonyl (C=O) groups is 1. The van der Waals surface area contributed by atoms with Crippen molar-refractivity contribution in [1.29, 1.82) is 0 Å². The van der Waals surface area contributed by atoms with Crippen LogP contribution in [0.1, 0.15) is 43.5 Å². The highest BCUT2D eigenvalue weighted by molar-refractivity contribution is 7.98. The summed E-state index contributed by atoms with van der Waals surface area (Å²) in [6, 6.07) is 10.4. The predicted molar refractivity (Wildman–Crippen MR) is 179 cm³/mol. The molecule has 0 radical (unpaired) electrons. The van der Waals surface area contributed by atoms with Crippen LogP contribution in [-0.4, -0.2) is 71.9 Å². The number of nitrogens with one attached hydrogen (secondary N) is 1. The quantitative estimate of drug-likeness (QED) is 0.0630. The molecule has 14 nitrogen and oxygen atoms in total. The van der Waals surface area contributed by atoms with Crippen LogP contribution in [0.25, 0.3) is 11.2 Å². The Balaban J connectivity index is 1.23. The molecular formula is C31H33ClF3N6O8PS. The molecule has 51 heavy (non-hydrogen) atoms. The van der Waals surface area contributed by atoms with E-state index in [0.29, 0.717) is 22.0 Å². The van der Waals surface area contributed by atoms with Crippen molar-refractivity contribution in [2.45, 2.75) is 73.6 Å². The van der Waals surface area contributed by atoms with Gasteiger partial charge in [-0.15, -0.1) is 11.8 Å². The third-order valence-electron chi connectivity index (χ3n) is 8.69. The van der Waals surface area contributed by atoms with Gasteiger partial charge >= 0.3 is 19.9 Å². The smallest absolute Gasteiger partial charge is 0.459 e. The fourth-order valence-electron chi connectivity index (χ4n) is 5.84. The Morgan fingerprint density at radius 2 is 1.92 bits per heavy atom. The second-order valence-electron chi connectivity index (χ2n) is 12.2. The molecule has 0 spiro atoms. The summed E-state index contributed by atoms with van der Waals surface area (Å²) in [6.45, 7) is -0.000207. The van der Waals surface area contributed by atoms with Crippen molar-refractivity contribution in [3.8, 4) is 5.75 Å². The van der Waals surface area contributed by atoms with Crippen molar-refractivity contribution < 1.29 is 51.3 Å². The minimum absolute atomic E-state index is 0.0293. The number of ether oxygens (including phenoxy) is 2. The van der Waals surface area contributed by atoms with Crippen molar-refractivity contribution in [1.82, 2.24) is 24.6 Å². The van der Waals surface area contributed by atoms with Gasteiger partial charge in [0.25, 0.3) is 0 Å². The van der Waals surface area contributed by atoms with Gasteiger partial charge in [-0.2, -0.15) is 23.2 Å². The third kappa shape index (κ3) is 7.55. The van der Waals surface area contributed by atoms with Gasteiger partial charge in [0.15, 0.2) is 11.9 Å². The summed E-state index contributed by atoms with van der Waals surface area (Å²) in [6.07, 6.45) is -5.06. The molecular weight excluding hydrogens is 740 g/mol. The summed E-state index contributed by atoms with van der Waals surface area (Å²) in [5.41, 5.74) is 1.68. The lowest BCUT2D eigenvalue weighted by Gasteiger charge is -2.41. The Kier molecular flexibility index (Phi) is 10.3. The number of aliphatic hydroxyl groups excluding tert-OH is 1. The maximum atomic E-state index is 14.5. The van der Waals surface area contributed by atoms with Crippen LogP contribution in [0.3, 0.4) is 0 Å². The molecule has 4 aromatic rings. The first-order chi connectivity index (χ1) is 24.0. The number of thioether (sulfide) groups is 1. The summed E-state index contributed by atoms with van der Waals surface area (Å²) >= 11 is 7.28. The Morgan fingerprint density at radius 3 is 2.57 bits per heavy atom. The number of nitrogen functional groups attached to an aromatic ring is 1. The average molecular weight is 773 g/mol. The van der Waals surface area contributed by atoms with Gasteiger partial charge in [-0.3, -0.25) is 13.9 Å². The van der Waals surface area contributed by atoms with Crippen LogP contribution in [0, 0.1) is 0 Å². The standard InChI is InChI=1S/C31H33ClF3N6O8PS/c1-29(44)23(42)21(48-26(29)41-16-37-22-24(41)38-28(36)39-25(22)51-2)15-47-50(45,49-19-10-8-18(32)9-11-19)40-30(12-5-13-30)27(43)46-14-17-6-3-4-7-20(17)31(33,34)35/h3-4,6-11,16,21,23,26,42,44H,5,12-15H2,1-2H3,(H,40,45)(H2,36,38,39)/t21?,23-,26?,29-,50?/m1/s1. The average Bonchev–Trinajstić information content (AvgIpc) is 3.57. The molecule has 20 heteroatoms. The number of halogens is 4. The van der Waals surface area contributed by atoms with Crippen molar-refractivity contribution >= 4 is 54.2 Å². The van der Waals surface area contributed by atoms with Crippen LogP contribution in [0.2, 0.25) is 5.02 Å². The van der Waals surface area contributed by atoms with E-state index in [2.05, 4.69) is 20.0 Å². The van der Waals surface area contributed by atoms with E-state index < -0.39 is 68.2 Å². The summed E-state index contributed by atoms with van der Waals surface area (Å²) in [4.78, 5) is 26.2. The molecule has 0 bridgehead atoms. The van der Waals surface area contributed by atoms with Gasteiger partial charge in [0.2, 0.25) is 5.95 Å². The molecule has 3 unspecified atom stereocenters. The zero-order valence-electron chi connectivity index (χ0n) is 27.0. The number of nitrogens with zero attached hydrogens (tertiary/aromatic N) is 4. The molecule has 0 amide bonds. The van der Waals surface area contributed by atoms with Crippen molar-refractivity contribution in [2.75, 3.05) is 18.6 Å². The van der Waals surface area contributed by atoms with Gasteiger partial charge in [0.05, 0.1) is 18.5 Å². The van der Waals surface area contributed by atoms with Crippen molar-refractivity contribution in [2.24, 2.45) is 0 Å². The molecule has 274 valence electrons. The molecule has 5 N–H and O–H groups in total. The number of nitrogens with two attached hydrogens (primary N) is 1. The van der Waals surface area contributed by atoms with Crippen molar-refractivity contribution in [3.05, 3.63) is 71.0 Å². The van der Waals surface area contributed by atoms with Gasteiger partial charge in [0, 0.05) is 10.6 Å². The minimum atomic E-state index is -4.68. The largest absolute Gasteiger partial charge is 0.459 e. The Labute approximate surface area is 298 Å². The van der Waals surface area contributed by atoms with E-state index in [9.17, 15) is 32.7 Å². The SMILES string of the molecule is CSc1nc(N)nc2c1ncn2C1OC(COP(=O)(NC2(C(=O)OCc3ccccc3C(F)(F)F)CCC2)Oc2ccc(Cl)cc2)[C@@H](O)[C@@]1(C)O. The van der Waals surface area contributed by atoms with Gasteiger partial charge in [-0.05, 0) is 62.8 Å². The van der Waals surface area contributed by atoms with Gasteiger partial charge in [-0.1, -0.05) is 29.8 Å². The first-order valence-electron chi connectivity index (χ1n) is 15.5. The zero-order valence-corrected chi connectivity index (χ0v) is 29.5. The molecule has 6 rings (SSSR count). The van der Waals surface area contributed by atoms with E-state index in [1.165, 1.54) is 72.0 Å². The number of aromatic nitrogens is 4. The number of fused-ring (bicyclic) bond motifs is 1. The number of alkyl halides is 3. The number of anilines is 1. The lowest BCUT2D eigenvalue weighted by Crippen LogP contribution is -2.57. The van der Waals surface area contributed by atoms with Crippen LogP contribution in [0.5, 0.6) is 5.75 Å². The number of benzene rings is 2. The Hall–Kier alpha value is -3.48. The maximum Gasteiger partial charge on any atom is 0.459 e. The molecule has 1 aliphatic heterocycles.